The summed E-state index contributed by atoms with van der Waals surface area (Å²) < 4.78 is 24.7. The molecule has 1 N–H and O–H groups in total. The van der Waals surface area contributed by atoms with Crippen LogP contribution in [0.4, 0.5) is 4.39 Å². The topological polar surface area (TPSA) is 30.5 Å². The molecule has 3 rings (SSSR count). The molecule has 166 valence electrons. The third-order valence-electron chi connectivity index (χ3n) is 4.50. The van der Waals surface area contributed by atoms with Gasteiger partial charge in [0.25, 0.3) is 0 Å². The van der Waals surface area contributed by atoms with Crippen molar-refractivity contribution < 1.29 is 13.9 Å². The zero-order chi connectivity index (χ0) is 21.3. The standard InChI is InChI=1S/C24H24Cl2FNO2.ClH/c1-2-29-23-14-19(15-28-12-11-17-5-9-21(27)10-6-17)13-22(26)24(23)30-16-18-3-7-20(25)8-4-18;/h3-10,13-14,28H,2,11-12,15-16H2,1H3;1H. The van der Waals surface area contributed by atoms with Crippen LogP contribution in [0.3, 0.4) is 0 Å². The average Bonchev–Trinajstić information content (AvgIpc) is 2.73. The van der Waals surface area contributed by atoms with Crippen molar-refractivity contribution >= 4 is 35.6 Å². The molecule has 3 aromatic carbocycles. The molecule has 0 aliphatic rings. The van der Waals surface area contributed by atoms with E-state index < -0.39 is 0 Å². The summed E-state index contributed by atoms with van der Waals surface area (Å²) >= 11 is 12.4. The molecule has 0 bridgehead atoms. The summed E-state index contributed by atoms with van der Waals surface area (Å²) in [7, 11) is 0. The lowest BCUT2D eigenvalue weighted by Gasteiger charge is -2.16. The van der Waals surface area contributed by atoms with Gasteiger partial charge in [-0.2, -0.15) is 0 Å². The SMILES string of the molecule is CCOc1cc(CNCCc2ccc(F)cc2)cc(Cl)c1OCc1ccc(Cl)cc1.Cl. The molecule has 0 spiro atoms. The molecule has 0 atom stereocenters. The van der Waals surface area contributed by atoms with Gasteiger partial charge in [-0.15, -0.1) is 12.4 Å². The summed E-state index contributed by atoms with van der Waals surface area (Å²) in [5, 5.41) is 4.57. The van der Waals surface area contributed by atoms with Crippen LogP contribution in [-0.2, 0) is 19.6 Å². The molecule has 7 heteroatoms. The number of rotatable bonds is 10. The Morgan fingerprint density at radius 2 is 1.55 bits per heavy atom. The van der Waals surface area contributed by atoms with Gasteiger partial charge in [-0.1, -0.05) is 47.5 Å². The van der Waals surface area contributed by atoms with E-state index in [0.29, 0.717) is 41.3 Å². The van der Waals surface area contributed by atoms with Gasteiger partial charge < -0.3 is 14.8 Å². The molecule has 3 aromatic rings. The Bertz CT molecular complexity index is 950. The predicted molar refractivity (Wildman–Crippen MR) is 127 cm³/mol. The average molecular weight is 485 g/mol. The third-order valence-corrected chi connectivity index (χ3v) is 5.03. The highest BCUT2D eigenvalue weighted by molar-refractivity contribution is 6.32. The van der Waals surface area contributed by atoms with Gasteiger partial charge in [0, 0.05) is 11.6 Å². The number of halogens is 4. The minimum absolute atomic E-state index is 0. The van der Waals surface area contributed by atoms with Crippen LogP contribution >= 0.6 is 35.6 Å². The molecule has 0 saturated heterocycles. The minimum atomic E-state index is -0.219. The zero-order valence-corrected chi connectivity index (χ0v) is 19.5. The fraction of sp³-hybridized carbons (Fsp3) is 0.250. The Hall–Kier alpha value is -1.98. The highest BCUT2D eigenvalue weighted by Crippen LogP contribution is 2.37. The number of hydrogen-bond acceptors (Lipinski definition) is 3. The maximum Gasteiger partial charge on any atom is 0.180 e. The van der Waals surface area contributed by atoms with Gasteiger partial charge >= 0.3 is 0 Å². The second-order valence-corrected chi connectivity index (χ2v) is 7.65. The maximum atomic E-state index is 13.0. The lowest BCUT2D eigenvalue weighted by atomic mass is 10.1. The first kappa shape index (κ1) is 25.3. The number of benzene rings is 3. The Balaban J connectivity index is 0.00000341. The van der Waals surface area contributed by atoms with Crippen LogP contribution in [0.1, 0.15) is 23.6 Å². The van der Waals surface area contributed by atoms with Crippen molar-refractivity contribution in [2.75, 3.05) is 13.2 Å². The van der Waals surface area contributed by atoms with Crippen LogP contribution in [0.2, 0.25) is 10.0 Å². The quantitative estimate of drug-likeness (QED) is 0.319. The highest BCUT2D eigenvalue weighted by Gasteiger charge is 2.13. The van der Waals surface area contributed by atoms with Gasteiger partial charge in [0.1, 0.15) is 12.4 Å². The van der Waals surface area contributed by atoms with Crippen molar-refractivity contribution in [2.45, 2.75) is 26.5 Å². The molecule has 0 unspecified atom stereocenters. The highest BCUT2D eigenvalue weighted by atomic mass is 35.5. The number of nitrogens with one attached hydrogen (secondary N) is 1. The molecular formula is C24H25Cl3FNO2. The summed E-state index contributed by atoms with van der Waals surface area (Å²) in [5.74, 6) is 0.931. The van der Waals surface area contributed by atoms with Crippen molar-refractivity contribution in [2.24, 2.45) is 0 Å². The Morgan fingerprint density at radius 3 is 2.23 bits per heavy atom. The van der Waals surface area contributed by atoms with Gasteiger partial charge in [-0.3, -0.25) is 0 Å². The van der Waals surface area contributed by atoms with E-state index in [4.69, 9.17) is 32.7 Å². The molecule has 0 aliphatic heterocycles. The van der Waals surface area contributed by atoms with Gasteiger partial charge in [0.2, 0.25) is 0 Å². The van der Waals surface area contributed by atoms with E-state index in [1.807, 2.05) is 43.3 Å². The Labute approximate surface area is 198 Å². The summed E-state index contributed by atoms with van der Waals surface area (Å²) in [6, 6.07) is 17.9. The summed E-state index contributed by atoms with van der Waals surface area (Å²) in [5.41, 5.74) is 3.08. The van der Waals surface area contributed by atoms with E-state index in [9.17, 15) is 4.39 Å². The van der Waals surface area contributed by atoms with E-state index in [0.717, 1.165) is 29.7 Å². The molecule has 0 radical (unpaired) electrons. The smallest absolute Gasteiger partial charge is 0.180 e. The molecular weight excluding hydrogens is 460 g/mol. The second-order valence-electron chi connectivity index (χ2n) is 6.81. The van der Waals surface area contributed by atoms with Crippen molar-refractivity contribution in [3.63, 3.8) is 0 Å². The predicted octanol–water partition coefficient (Wildman–Crippen LogP) is 6.86. The fourth-order valence-electron chi connectivity index (χ4n) is 2.98. The molecule has 0 fully saturated rings. The second kappa shape index (κ2) is 12.8. The van der Waals surface area contributed by atoms with E-state index in [-0.39, 0.29) is 18.2 Å². The normalized spacial score (nSPS) is 10.5. The summed E-state index contributed by atoms with van der Waals surface area (Å²) in [6.45, 7) is 4.20. The van der Waals surface area contributed by atoms with Crippen LogP contribution in [0, 0.1) is 5.82 Å². The number of hydrogen-bond donors (Lipinski definition) is 1. The summed E-state index contributed by atoms with van der Waals surface area (Å²) in [6.07, 6.45) is 0.814. The lowest BCUT2D eigenvalue weighted by molar-refractivity contribution is 0.269. The lowest BCUT2D eigenvalue weighted by Crippen LogP contribution is -2.17. The van der Waals surface area contributed by atoms with Gasteiger partial charge in [-0.05, 0) is 73.0 Å². The van der Waals surface area contributed by atoms with Crippen molar-refractivity contribution in [1.29, 1.82) is 0 Å². The van der Waals surface area contributed by atoms with Crippen molar-refractivity contribution in [3.8, 4) is 11.5 Å². The van der Waals surface area contributed by atoms with Crippen molar-refractivity contribution in [3.05, 3.63) is 93.2 Å². The fourth-order valence-corrected chi connectivity index (χ4v) is 3.39. The molecule has 0 aromatic heterocycles. The molecule has 0 amide bonds. The van der Waals surface area contributed by atoms with Crippen LogP contribution in [0.15, 0.2) is 60.7 Å². The van der Waals surface area contributed by atoms with E-state index in [1.54, 1.807) is 12.1 Å². The van der Waals surface area contributed by atoms with Crippen LogP contribution < -0.4 is 14.8 Å². The van der Waals surface area contributed by atoms with Gasteiger partial charge in [0.15, 0.2) is 11.5 Å². The third kappa shape index (κ3) is 7.89. The first-order valence-corrected chi connectivity index (χ1v) is 10.6. The van der Waals surface area contributed by atoms with E-state index in [2.05, 4.69) is 5.32 Å². The molecule has 0 saturated carbocycles. The van der Waals surface area contributed by atoms with Crippen molar-refractivity contribution in [1.82, 2.24) is 5.32 Å². The largest absolute Gasteiger partial charge is 0.490 e. The summed E-state index contributed by atoms with van der Waals surface area (Å²) in [4.78, 5) is 0. The molecule has 3 nitrogen and oxygen atoms in total. The molecule has 31 heavy (non-hydrogen) atoms. The van der Waals surface area contributed by atoms with Crippen LogP contribution in [0.5, 0.6) is 11.5 Å². The van der Waals surface area contributed by atoms with Crippen LogP contribution in [-0.4, -0.2) is 13.2 Å². The minimum Gasteiger partial charge on any atom is -0.490 e. The van der Waals surface area contributed by atoms with Gasteiger partial charge in [0.05, 0.1) is 11.6 Å². The molecule has 0 aliphatic carbocycles. The van der Waals surface area contributed by atoms with Gasteiger partial charge in [-0.25, -0.2) is 4.39 Å². The first-order chi connectivity index (χ1) is 14.5. The van der Waals surface area contributed by atoms with E-state index >= 15 is 0 Å². The maximum absolute atomic E-state index is 13.0. The zero-order valence-electron chi connectivity index (χ0n) is 17.2. The first-order valence-electron chi connectivity index (χ1n) is 9.82. The molecule has 0 heterocycles. The Morgan fingerprint density at radius 1 is 0.871 bits per heavy atom. The monoisotopic (exact) mass is 483 g/mol. The number of ether oxygens (including phenoxy) is 2. The Kier molecular flexibility index (Phi) is 10.4. The van der Waals surface area contributed by atoms with Crippen LogP contribution in [0.25, 0.3) is 0 Å². The van der Waals surface area contributed by atoms with E-state index in [1.165, 1.54) is 12.1 Å².